The van der Waals surface area contributed by atoms with Gasteiger partial charge < -0.3 is 19.4 Å². The zero-order valence-electron chi connectivity index (χ0n) is 9.21. The van der Waals surface area contributed by atoms with Gasteiger partial charge in [0.15, 0.2) is 11.5 Å². The molecule has 0 aliphatic rings. The van der Waals surface area contributed by atoms with Crippen LogP contribution < -0.4 is 5.32 Å². The zero-order chi connectivity index (χ0) is 12.3. The van der Waals surface area contributed by atoms with Gasteiger partial charge in [-0.15, -0.1) is 0 Å². The standard InChI is InChI=1S/C11H12N2O4/c1-7(10-3-2-4-16-10)12-6-8-5-9(11(14)15)13-17-8/h2-5,7,12H,6H2,1H3,(H,14,15)/t7-/m1/s1. The van der Waals surface area contributed by atoms with E-state index in [2.05, 4.69) is 10.5 Å². The Morgan fingerprint density at radius 3 is 3.06 bits per heavy atom. The first-order valence-corrected chi connectivity index (χ1v) is 5.12. The molecule has 17 heavy (non-hydrogen) atoms. The number of aromatic nitrogens is 1. The van der Waals surface area contributed by atoms with Crippen LogP contribution in [0.4, 0.5) is 0 Å². The van der Waals surface area contributed by atoms with Crippen molar-refractivity contribution >= 4 is 5.97 Å². The molecular weight excluding hydrogens is 224 g/mol. The molecule has 2 rings (SSSR count). The topological polar surface area (TPSA) is 88.5 Å². The van der Waals surface area contributed by atoms with Crippen LogP contribution in [0, 0.1) is 0 Å². The Balaban J connectivity index is 1.91. The van der Waals surface area contributed by atoms with Crippen molar-refractivity contribution in [1.82, 2.24) is 10.5 Å². The van der Waals surface area contributed by atoms with Crippen LogP contribution in [0.15, 0.2) is 33.4 Å². The van der Waals surface area contributed by atoms with E-state index in [9.17, 15) is 4.79 Å². The lowest BCUT2D eigenvalue weighted by molar-refractivity contribution is 0.0685. The van der Waals surface area contributed by atoms with Crippen molar-refractivity contribution in [2.24, 2.45) is 0 Å². The van der Waals surface area contributed by atoms with Crippen molar-refractivity contribution in [3.63, 3.8) is 0 Å². The normalized spacial score (nSPS) is 12.5. The second-order valence-electron chi connectivity index (χ2n) is 3.60. The molecule has 0 aliphatic heterocycles. The fraction of sp³-hybridized carbons (Fsp3) is 0.273. The fourth-order valence-electron chi connectivity index (χ4n) is 1.39. The highest BCUT2D eigenvalue weighted by atomic mass is 16.5. The van der Waals surface area contributed by atoms with Crippen molar-refractivity contribution in [2.75, 3.05) is 0 Å². The minimum absolute atomic E-state index is 0.0170. The van der Waals surface area contributed by atoms with E-state index in [1.165, 1.54) is 6.07 Å². The van der Waals surface area contributed by atoms with Crippen LogP contribution in [-0.2, 0) is 6.54 Å². The summed E-state index contributed by atoms with van der Waals surface area (Å²) in [5.41, 5.74) is -0.0903. The SMILES string of the molecule is C[C@@H](NCc1cc(C(=O)O)no1)c1ccco1. The number of carboxylic acid groups (broad SMARTS) is 1. The van der Waals surface area contributed by atoms with Gasteiger partial charge in [0.1, 0.15) is 5.76 Å². The Bertz CT molecular complexity index is 489. The Labute approximate surface area is 97.2 Å². The molecule has 2 aromatic rings. The fourth-order valence-corrected chi connectivity index (χ4v) is 1.39. The molecule has 0 bridgehead atoms. The predicted octanol–water partition coefficient (Wildman–Crippen LogP) is 1.82. The summed E-state index contributed by atoms with van der Waals surface area (Å²) in [6.07, 6.45) is 1.60. The molecule has 0 spiro atoms. The number of hydrogen-bond acceptors (Lipinski definition) is 5. The van der Waals surface area contributed by atoms with E-state index < -0.39 is 5.97 Å². The van der Waals surface area contributed by atoms with Crippen molar-refractivity contribution in [3.05, 3.63) is 41.7 Å². The number of aromatic carboxylic acids is 1. The molecular formula is C11H12N2O4. The minimum Gasteiger partial charge on any atom is -0.476 e. The van der Waals surface area contributed by atoms with Crippen molar-refractivity contribution in [2.45, 2.75) is 19.5 Å². The molecule has 0 amide bonds. The first-order chi connectivity index (χ1) is 8.16. The lowest BCUT2D eigenvalue weighted by atomic mass is 10.2. The number of rotatable bonds is 5. The Hall–Kier alpha value is -2.08. The smallest absolute Gasteiger partial charge is 0.358 e. The number of carboxylic acids is 1. The first-order valence-electron chi connectivity index (χ1n) is 5.12. The van der Waals surface area contributed by atoms with E-state index in [0.717, 1.165) is 5.76 Å². The quantitative estimate of drug-likeness (QED) is 0.823. The predicted molar refractivity (Wildman–Crippen MR) is 57.4 cm³/mol. The van der Waals surface area contributed by atoms with Crippen LogP contribution >= 0.6 is 0 Å². The van der Waals surface area contributed by atoms with E-state index in [0.29, 0.717) is 12.3 Å². The molecule has 0 radical (unpaired) electrons. The van der Waals surface area contributed by atoms with Gasteiger partial charge in [0, 0.05) is 6.07 Å². The summed E-state index contributed by atoms with van der Waals surface area (Å²) in [5.74, 6) is 0.183. The number of nitrogens with zero attached hydrogens (tertiary/aromatic N) is 1. The first kappa shape index (κ1) is 11.4. The van der Waals surface area contributed by atoms with E-state index >= 15 is 0 Å². The largest absolute Gasteiger partial charge is 0.476 e. The number of hydrogen-bond donors (Lipinski definition) is 2. The highest BCUT2D eigenvalue weighted by molar-refractivity contribution is 5.85. The summed E-state index contributed by atoms with van der Waals surface area (Å²) in [4.78, 5) is 10.6. The monoisotopic (exact) mass is 236 g/mol. The van der Waals surface area contributed by atoms with E-state index in [1.807, 2.05) is 19.1 Å². The van der Waals surface area contributed by atoms with E-state index in [1.54, 1.807) is 6.26 Å². The van der Waals surface area contributed by atoms with Gasteiger partial charge in [0.25, 0.3) is 0 Å². The van der Waals surface area contributed by atoms with Crippen LogP contribution in [0.5, 0.6) is 0 Å². The van der Waals surface area contributed by atoms with Gasteiger partial charge >= 0.3 is 5.97 Å². The lowest BCUT2D eigenvalue weighted by Crippen LogP contribution is -2.17. The molecule has 0 saturated carbocycles. The second kappa shape index (κ2) is 4.84. The van der Waals surface area contributed by atoms with E-state index in [4.69, 9.17) is 14.0 Å². The Morgan fingerprint density at radius 1 is 1.65 bits per heavy atom. The van der Waals surface area contributed by atoms with Crippen LogP contribution in [0.3, 0.4) is 0 Å². The van der Waals surface area contributed by atoms with Gasteiger partial charge in [-0.05, 0) is 19.1 Å². The molecule has 2 N–H and O–H groups in total. The van der Waals surface area contributed by atoms with Gasteiger partial charge in [0.05, 0.1) is 18.8 Å². The van der Waals surface area contributed by atoms with Crippen molar-refractivity contribution in [1.29, 1.82) is 0 Å². The summed E-state index contributed by atoms with van der Waals surface area (Å²) < 4.78 is 10.1. The molecule has 6 nitrogen and oxygen atoms in total. The number of nitrogens with one attached hydrogen (secondary N) is 1. The van der Waals surface area contributed by atoms with Gasteiger partial charge in [-0.25, -0.2) is 4.79 Å². The van der Waals surface area contributed by atoms with Gasteiger partial charge in [-0.3, -0.25) is 0 Å². The number of furan rings is 1. The summed E-state index contributed by atoms with van der Waals surface area (Å²) in [6, 6.07) is 5.08. The highest BCUT2D eigenvalue weighted by Crippen LogP contribution is 2.13. The third kappa shape index (κ3) is 2.73. The molecule has 2 aromatic heterocycles. The molecule has 6 heteroatoms. The third-order valence-electron chi connectivity index (χ3n) is 2.33. The van der Waals surface area contributed by atoms with E-state index in [-0.39, 0.29) is 11.7 Å². The molecule has 0 aromatic carbocycles. The van der Waals surface area contributed by atoms with Crippen molar-refractivity contribution < 1.29 is 18.8 Å². The number of carbonyl (C=O) groups is 1. The average Bonchev–Trinajstić information content (AvgIpc) is 2.97. The summed E-state index contributed by atoms with van der Waals surface area (Å²) in [7, 11) is 0. The maximum Gasteiger partial charge on any atom is 0.358 e. The van der Waals surface area contributed by atoms with Crippen LogP contribution in [0.25, 0.3) is 0 Å². The molecule has 0 aliphatic carbocycles. The maximum atomic E-state index is 10.6. The zero-order valence-corrected chi connectivity index (χ0v) is 9.21. The van der Waals surface area contributed by atoms with Gasteiger partial charge in [-0.2, -0.15) is 0 Å². The second-order valence-corrected chi connectivity index (χ2v) is 3.60. The van der Waals surface area contributed by atoms with Gasteiger partial charge in [0.2, 0.25) is 0 Å². The highest BCUT2D eigenvalue weighted by Gasteiger charge is 2.12. The summed E-state index contributed by atoms with van der Waals surface area (Å²) in [5, 5.41) is 15.2. The van der Waals surface area contributed by atoms with Crippen LogP contribution in [0.1, 0.15) is 35.0 Å². The van der Waals surface area contributed by atoms with Gasteiger partial charge in [-0.1, -0.05) is 5.16 Å². The molecule has 0 unspecified atom stereocenters. The van der Waals surface area contributed by atoms with Crippen LogP contribution in [-0.4, -0.2) is 16.2 Å². The average molecular weight is 236 g/mol. The summed E-state index contributed by atoms with van der Waals surface area (Å²) >= 11 is 0. The lowest BCUT2D eigenvalue weighted by Gasteiger charge is -2.08. The Kier molecular flexibility index (Phi) is 3.24. The molecule has 0 saturated heterocycles. The maximum absolute atomic E-state index is 10.6. The molecule has 2 heterocycles. The van der Waals surface area contributed by atoms with Crippen molar-refractivity contribution in [3.8, 4) is 0 Å². The molecule has 1 atom stereocenters. The van der Waals surface area contributed by atoms with Crippen LogP contribution in [0.2, 0.25) is 0 Å². The summed E-state index contributed by atoms with van der Waals surface area (Å²) in [6.45, 7) is 2.33. The Morgan fingerprint density at radius 2 is 2.47 bits per heavy atom. The molecule has 0 fully saturated rings. The third-order valence-corrected chi connectivity index (χ3v) is 2.33. The minimum atomic E-state index is -1.10. The molecule has 90 valence electrons.